The predicted molar refractivity (Wildman–Crippen MR) is 63.0 cm³/mol. The number of anilines is 2. The summed E-state index contributed by atoms with van der Waals surface area (Å²) in [6, 6.07) is 0.660. The zero-order chi connectivity index (χ0) is 11.0. The highest BCUT2D eigenvalue weighted by Crippen LogP contribution is 2.32. The van der Waals surface area contributed by atoms with Gasteiger partial charge in [0.15, 0.2) is 0 Å². The Morgan fingerprint density at radius 2 is 2.20 bits per heavy atom. The van der Waals surface area contributed by atoms with Crippen LogP contribution < -0.4 is 10.6 Å². The quantitative estimate of drug-likeness (QED) is 0.820. The van der Waals surface area contributed by atoms with Gasteiger partial charge in [0.2, 0.25) is 0 Å². The number of aryl methyl sites for hydroxylation is 2. The first-order valence-electron chi connectivity index (χ1n) is 5.69. The van der Waals surface area contributed by atoms with Gasteiger partial charge in [-0.3, -0.25) is 4.68 Å². The Kier molecular flexibility index (Phi) is 2.59. The lowest BCUT2D eigenvalue weighted by Gasteiger charge is -2.36. The lowest BCUT2D eigenvalue weighted by molar-refractivity contribution is 0.396. The molecule has 0 saturated heterocycles. The van der Waals surface area contributed by atoms with Gasteiger partial charge in [-0.1, -0.05) is 6.92 Å². The highest BCUT2D eigenvalue weighted by atomic mass is 15.4. The third-order valence-corrected chi connectivity index (χ3v) is 3.42. The van der Waals surface area contributed by atoms with E-state index in [1.807, 2.05) is 11.7 Å². The maximum absolute atomic E-state index is 6.11. The fourth-order valence-electron chi connectivity index (χ4n) is 2.21. The van der Waals surface area contributed by atoms with Crippen LogP contribution in [0, 0.1) is 0 Å². The fraction of sp³-hybridized carbons (Fsp3) is 0.727. The van der Waals surface area contributed by atoms with Crippen molar-refractivity contribution in [3.8, 4) is 0 Å². The standard InChI is InChI=1S/C11H20N4/c1-4-9-10(12)11(15(3)13-9)14(2)8-6-5-7-8/h8H,4-7,12H2,1-3H3. The molecule has 0 unspecified atom stereocenters. The highest BCUT2D eigenvalue weighted by Gasteiger charge is 2.26. The Balaban J connectivity index is 2.29. The third kappa shape index (κ3) is 1.58. The first kappa shape index (κ1) is 10.3. The first-order valence-corrected chi connectivity index (χ1v) is 5.69. The third-order valence-electron chi connectivity index (χ3n) is 3.42. The van der Waals surface area contributed by atoms with Crippen molar-refractivity contribution in [2.45, 2.75) is 38.6 Å². The van der Waals surface area contributed by atoms with Gasteiger partial charge in [-0.05, 0) is 25.7 Å². The van der Waals surface area contributed by atoms with E-state index >= 15 is 0 Å². The van der Waals surface area contributed by atoms with Crippen molar-refractivity contribution in [2.75, 3.05) is 17.7 Å². The van der Waals surface area contributed by atoms with E-state index in [0.29, 0.717) is 6.04 Å². The Labute approximate surface area is 91.1 Å². The van der Waals surface area contributed by atoms with Crippen molar-refractivity contribution in [3.63, 3.8) is 0 Å². The molecule has 84 valence electrons. The smallest absolute Gasteiger partial charge is 0.150 e. The fourth-order valence-corrected chi connectivity index (χ4v) is 2.21. The molecule has 1 saturated carbocycles. The number of nitrogens with two attached hydrogens (primary N) is 1. The molecule has 2 N–H and O–H groups in total. The molecule has 2 rings (SSSR count). The molecule has 0 bridgehead atoms. The lowest BCUT2D eigenvalue weighted by Crippen LogP contribution is -2.38. The molecule has 1 aliphatic rings. The minimum atomic E-state index is 0.660. The highest BCUT2D eigenvalue weighted by molar-refractivity contribution is 5.66. The maximum Gasteiger partial charge on any atom is 0.150 e. The summed E-state index contributed by atoms with van der Waals surface area (Å²) in [6.07, 6.45) is 4.80. The minimum absolute atomic E-state index is 0.660. The molecule has 0 aromatic carbocycles. The van der Waals surface area contributed by atoms with E-state index in [1.165, 1.54) is 19.3 Å². The molecule has 0 radical (unpaired) electrons. The van der Waals surface area contributed by atoms with Crippen molar-refractivity contribution in [2.24, 2.45) is 7.05 Å². The van der Waals surface area contributed by atoms with E-state index in [1.54, 1.807) is 0 Å². The monoisotopic (exact) mass is 208 g/mol. The number of aromatic nitrogens is 2. The van der Waals surface area contributed by atoms with Crippen molar-refractivity contribution in [1.29, 1.82) is 0 Å². The zero-order valence-electron chi connectivity index (χ0n) is 9.82. The predicted octanol–water partition coefficient (Wildman–Crippen LogP) is 1.55. The largest absolute Gasteiger partial charge is 0.394 e. The number of hydrogen-bond donors (Lipinski definition) is 1. The first-order chi connectivity index (χ1) is 7.15. The van der Waals surface area contributed by atoms with E-state index in [0.717, 1.165) is 23.6 Å². The van der Waals surface area contributed by atoms with Gasteiger partial charge in [0.1, 0.15) is 5.82 Å². The minimum Gasteiger partial charge on any atom is -0.394 e. The summed E-state index contributed by atoms with van der Waals surface area (Å²) in [5, 5.41) is 4.44. The van der Waals surface area contributed by atoms with E-state index in [4.69, 9.17) is 5.73 Å². The summed E-state index contributed by atoms with van der Waals surface area (Å²) >= 11 is 0. The van der Waals surface area contributed by atoms with Crippen molar-refractivity contribution in [3.05, 3.63) is 5.69 Å². The van der Waals surface area contributed by atoms with E-state index in [2.05, 4.69) is 24.0 Å². The number of hydrogen-bond acceptors (Lipinski definition) is 3. The second kappa shape index (κ2) is 3.76. The van der Waals surface area contributed by atoms with Crippen LogP contribution in [0.15, 0.2) is 0 Å². The van der Waals surface area contributed by atoms with Gasteiger partial charge in [-0.15, -0.1) is 0 Å². The van der Waals surface area contributed by atoms with Crippen LogP contribution in [0.3, 0.4) is 0 Å². The van der Waals surface area contributed by atoms with Crippen LogP contribution in [0.1, 0.15) is 31.9 Å². The van der Waals surface area contributed by atoms with Crippen LogP contribution in [-0.2, 0) is 13.5 Å². The SMILES string of the molecule is CCc1nn(C)c(N(C)C2CCC2)c1N. The Bertz CT molecular complexity index is 352. The molecule has 1 aromatic heterocycles. The van der Waals surface area contributed by atoms with Crippen LogP contribution in [0.4, 0.5) is 11.5 Å². The van der Waals surface area contributed by atoms with Crippen LogP contribution in [-0.4, -0.2) is 22.9 Å². The molecule has 0 spiro atoms. The van der Waals surface area contributed by atoms with Crippen molar-refractivity contribution < 1.29 is 0 Å². The molecule has 1 heterocycles. The molecule has 1 aromatic rings. The van der Waals surface area contributed by atoms with Crippen LogP contribution in [0.25, 0.3) is 0 Å². The topological polar surface area (TPSA) is 47.1 Å². The van der Waals surface area contributed by atoms with Gasteiger partial charge < -0.3 is 10.6 Å². The van der Waals surface area contributed by atoms with Gasteiger partial charge >= 0.3 is 0 Å². The zero-order valence-corrected chi connectivity index (χ0v) is 9.82. The number of nitrogens with zero attached hydrogens (tertiary/aromatic N) is 3. The van der Waals surface area contributed by atoms with Gasteiger partial charge in [-0.2, -0.15) is 5.10 Å². The molecular weight excluding hydrogens is 188 g/mol. The number of nitrogen functional groups attached to an aromatic ring is 1. The molecular formula is C11H20N4. The maximum atomic E-state index is 6.11. The molecule has 0 atom stereocenters. The Morgan fingerprint density at radius 3 is 2.60 bits per heavy atom. The summed E-state index contributed by atoms with van der Waals surface area (Å²) in [7, 11) is 4.09. The summed E-state index contributed by atoms with van der Waals surface area (Å²) < 4.78 is 1.91. The average Bonchev–Trinajstić information content (AvgIpc) is 2.38. The van der Waals surface area contributed by atoms with Gasteiger partial charge in [-0.25, -0.2) is 0 Å². The van der Waals surface area contributed by atoms with Gasteiger partial charge in [0.25, 0.3) is 0 Å². The molecule has 0 aliphatic heterocycles. The second-order valence-corrected chi connectivity index (χ2v) is 4.36. The average molecular weight is 208 g/mol. The summed E-state index contributed by atoms with van der Waals surface area (Å²) in [5.74, 6) is 1.08. The van der Waals surface area contributed by atoms with Crippen LogP contribution >= 0.6 is 0 Å². The summed E-state index contributed by atoms with van der Waals surface area (Å²) in [5.41, 5.74) is 7.98. The van der Waals surface area contributed by atoms with Crippen LogP contribution in [0.2, 0.25) is 0 Å². The van der Waals surface area contributed by atoms with Gasteiger partial charge in [0, 0.05) is 20.1 Å². The lowest BCUT2D eigenvalue weighted by atomic mass is 9.92. The van der Waals surface area contributed by atoms with E-state index < -0.39 is 0 Å². The molecule has 0 amide bonds. The van der Waals surface area contributed by atoms with Crippen molar-refractivity contribution in [1.82, 2.24) is 9.78 Å². The molecule has 4 nitrogen and oxygen atoms in total. The Morgan fingerprint density at radius 1 is 1.53 bits per heavy atom. The second-order valence-electron chi connectivity index (χ2n) is 4.36. The van der Waals surface area contributed by atoms with Crippen LogP contribution in [0.5, 0.6) is 0 Å². The summed E-state index contributed by atoms with van der Waals surface area (Å²) in [6.45, 7) is 2.09. The number of rotatable bonds is 3. The van der Waals surface area contributed by atoms with E-state index in [9.17, 15) is 0 Å². The molecule has 15 heavy (non-hydrogen) atoms. The van der Waals surface area contributed by atoms with Crippen molar-refractivity contribution >= 4 is 11.5 Å². The normalized spacial score (nSPS) is 16.5. The van der Waals surface area contributed by atoms with E-state index in [-0.39, 0.29) is 0 Å². The molecule has 1 aliphatic carbocycles. The van der Waals surface area contributed by atoms with Gasteiger partial charge in [0.05, 0.1) is 11.4 Å². The summed E-state index contributed by atoms with van der Waals surface area (Å²) in [4.78, 5) is 2.28. The Hall–Kier alpha value is -1.19. The molecule has 4 heteroatoms. The molecule has 1 fully saturated rings.